The summed E-state index contributed by atoms with van der Waals surface area (Å²) in [6.45, 7) is 2.09. The molecule has 0 spiro atoms. The predicted molar refractivity (Wildman–Crippen MR) is 101 cm³/mol. The molecule has 0 aliphatic rings. The molecule has 0 bridgehead atoms. The summed E-state index contributed by atoms with van der Waals surface area (Å²) in [4.78, 5) is 15.9. The quantitative estimate of drug-likeness (QED) is 0.399. The number of hydrogen-bond donors (Lipinski definition) is 1. The van der Waals surface area contributed by atoms with Crippen LogP contribution in [0.15, 0.2) is 38.0 Å². The van der Waals surface area contributed by atoms with Gasteiger partial charge in [-0.2, -0.15) is 5.10 Å². The third-order valence-corrected chi connectivity index (χ3v) is 5.78. The number of sulfone groups is 1. The molecule has 134 valence electrons. The molecule has 0 saturated carbocycles. The number of carbonyl (C=O) groups excluding carboxylic acids is 1. The van der Waals surface area contributed by atoms with Crippen molar-refractivity contribution in [2.75, 3.05) is 18.3 Å². The lowest BCUT2D eigenvalue weighted by molar-refractivity contribution is -0.142. The summed E-state index contributed by atoms with van der Waals surface area (Å²) < 4.78 is 28.5. The molecule has 0 aliphatic carbocycles. The lowest BCUT2D eigenvalue weighted by Gasteiger charge is -2.02. The Labute approximate surface area is 158 Å². The van der Waals surface area contributed by atoms with Crippen LogP contribution < -0.4 is 5.43 Å². The van der Waals surface area contributed by atoms with Gasteiger partial charge in [0.05, 0.1) is 29.8 Å². The molecule has 0 saturated heterocycles. The monoisotopic (exact) mass is 445 g/mol. The van der Waals surface area contributed by atoms with Gasteiger partial charge in [0.2, 0.25) is 5.13 Å². The smallest absolute Gasteiger partial charge is 0.311 e. The molecule has 1 heterocycles. The third kappa shape index (κ3) is 5.91. The maximum absolute atomic E-state index is 11.6. The van der Waals surface area contributed by atoms with Gasteiger partial charge in [-0.15, -0.1) is 11.3 Å². The Bertz CT molecular complexity index is 894. The van der Waals surface area contributed by atoms with E-state index in [-0.39, 0.29) is 17.3 Å². The number of nitrogens with one attached hydrogen (secondary N) is 1. The van der Waals surface area contributed by atoms with E-state index in [1.165, 1.54) is 17.4 Å². The maximum atomic E-state index is 11.6. The molecule has 2 aromatic rings. The summed E-state index contributed by atoms with van der Waals surface area (Å²) in [5.41, 5.74) is 4.10. The fourth-order valence-corrected chi connectivity index (χ4v) is 4.53. The van der Waals surface area contributed by atoms with Crippen LogP contribution in [0.4, 0.5) is 5.13 Å². The first kappa shape index (κ1) is 19.5. The Morgan fingerprint density at radius 1 is 1.48 bits per heavy atom. The van der Waals surface area contributed by atoms with Crippen LogP contribution in [0.2, 0.25) is 0 Å². The van der Waals surface area contributed by atoms with Gasteiger partial charge in [0.25, 0.3) is 0 Å². The van der Waals surface area contributed by atoms with Gasteiger partial charge in [-0.1, -0.05) is 6.07 Å². The van der Waals surface area contributed by atoms with Crippen LogP contribution in [0.3, 0.4) is 0 Å². The lowest BCUT2D eigenvalue weighted by atomic mass is 10.2. The summed E-state index contributed by atoms with van der Waals surface area (Å²) in [6.07, 6.45) is 2.82. The van der Waals surface area contributed by atoms with E-state index in [2.05, 4.69) is 31.4 Å². The van der Waals surface area contributed by atoms with E-state index in [0.29, 0.717) is 21.9 Å². The van der Waals surface area contributed by atoms with Gasteiger partial charge in [-0.25, -0.2) is 13.4 Å². The summed E-state index contributed by atoms with van der Waals surface area (Å²) >= 11 is 4.56. The van der Waals surface area contributed by atoms with Crippen molar-refractivity contribution in [3.05, 3.63) is 39.3 Å². The molecule has 0 atom stereocenters. The highest BCUT2D eigenvalue weighted by Crippen LogP contribution is 2.22. The lowest BCUT2D eigenvalue weighted by Crippen LogP contribution is -2.07. The Balaban J connectivity index is 1.98. The summed E-state index contributed by atoms with van der Waals surface area (Å²) in [7, 11) is -3.28. The molecule has 7 nitrogen and oxygen atoms in total. The van der Waals surface area contributed by atoms with Crippen molar-refractivity contribution in [1.29, 1.82) is 0 Å². The van der Waals surface area contributed by atoms with Crippen molar-refractivity contribution in [3.8, 4) is 0 Å². The highest BCUT2D eigenvalue weighted by molar-refractivity contribution is 9.10. The van der Waals surface area contributed by atoms with Gasteiger partial charge in [0, 0.05) is 16.1 Å². The Kier molecular flexibility index (Phi) is 6.68. The highest BCUT2D eigenvalue weighted by Gasteiger charge is 2.11. The first-order valence-corrected chi connectivity index (χ1v) is 10.7. The van der Waals surface area contributed by atoms with Gasteiger partial charge >= 0.3 is 5.97 Å². The van der Waals surface area contributed by atoms with E-state index >= 15 is 0 Å². The molecule has 10 heteroatoms. The Hall–Kier alpha value is -1.78. The summed E-state index contributed by atoms with van der Waals surface area (Å²) in [5, 5.41) is 6.36. The maximum Gasteiger partial charge on any atom is 0.311 e. The van der Waals surface area contributed by atoms with E-state index in [1.807, 2.05) is 0 Å². The van der Waals surface area contributed by atoms with Crippen molar-refractivity contribution >= 4 is 54.4 Å². The fraction of sp³-hybridized carbons (Fsp3) is 0.267. The fourth-order valence-electron chi connectivity index (χ4n) is 1.86. The Morgan fingerprint density at radius 2 is 2.24 bits per heavy atom. The number of thiazole rings is 1. The minimum absolute atomic E-state index is 0.121. The zero-order valence-electron chi connectivity index (χ0n) is 13.5. The zero-order valence-corrected chi connectivity index (χ0v) is 16.7. The molecule has 0 aliphatic heterocycles. The van der Waals surface area contributed by atoms with Crippen LogP contribution in [0.25, 0.3) is 0 Å². The second-order valence-electron chi connectivity index (χ2n) is 4.96. The molecule has 25 heavy (non-hydrogen) atoms. The standard InChI is InChI=1S/C15H16BrN3O4S2/c1-3-23-14(20)7-11-9-24-15(18-11)19-17-8-10-4-5-13(12(16)6-10)25(2,21)22/h4-6,8-9H,3,7H2,1-2H3,(H,18,19). The molecular formula is C15H16BrN3O4S2. The molecule has 0 radical (unpaired) electrons. The number of hydrogen-bond acceptors (Lipinski definition) is 8. The van der Waals surface area contributed by atoms with Gasteiger partial charge in [0.1, 0.15) is 0 Å². The van der Waals surface area contributed by atoms with E-state index < -0.39 is 9.84 Å². The van der Waals surface area contributed by atoms with E-state index in [4.69, 9.17) is 4.74 Å². The van der Waals surface area contributed by atoms with Gasteiger partial charge in [-0.3, -0.25) is 10.2 Å². The molecule has 0 amide bonds. The van der Waals surface area contributed by atoms with Crippen molar-refractivity contribution in [3.63, 3.8) is 0 Å². The van der Waals surface area contributed by atoms with Crippen molar-refractivity contribution < 1.29 is 17.9 Å². The first-order valence-electron chi connectivity index (χ1n) is 7.18. The number of esters is 1. The number of aromatic nitrogens is 1. The molecule has 0 fully saturated rings. The van der Waals surface area contributed by atoms with Crippen LogP contribution in [0.1, 0.15) is 18.2 Å². The van der Waals surface area contributed by atoms with Crippen molar-refractivity contribution in [2.24, 2.45) is 5.10 Å². The van der Waals surface area contributed by atoms with E-state index in [0.717, 1.165) is 11.8 Å². The second-order valence-corrected chi connectivity index (χ2v) is 8.65. The van der Waals surface area contributed by atoms with Gasteiger partial charge in [-0.05, 0) is 40.5 Å². The summed E-state index contributed by atoms with van der Waals surface area (Å²) in [6, 6.07) is 4.83. The number of ether oxygens (including phenoxy) is 1. The van der Waals surface area contributed by atoms with Crippen LogP contribution >= 0.6 is 27.3 Å². The topological polar surface area (TPSA) is 97.7 Å². The SMILES string of the molecule is CCOC(=O)Cc1csc(NN=Cc2ccc(S(C)(=O)=O)c(Br)c2)n1. The molecule has 0 unspecified atom stereocenters. The Morgan fingerprint density at radius 3 is 2.88 bits per heavy atom. The molecule has 1 aromatic carbocycles. The van der Waals surface area contributed by atoms with Crippen LogP contribution in [0.5, 0.6) is 0 Å². The molecule has 2 rings (SSSR count). The van der Waals surface area contributed by atoms with Crippen LogP contribution in [-0.4, -0.2) is 38.4 Å². The minimum atomic E-state index is -3.28. The van der Waals surface area contributed by atoms with E-state index in [9.17, 15) is 13.2 Å². The second kappa shape index (κ2) is 8.54. The van der Waals surface area contributed by atoms with Crippen molar-refractivity contribution in [2.45, 2.75) is 18.2 Å². The third-order valence-electron chi connectivity index (χ3n) is 2.91. The number of carbonyl (C=O) groups is 1. The number of halogens is 1. The van der Waals surface area contributed by atoms with Crippen molar-refractivity contribution in [1.82, 2.24) is 4.98 Å². The summed E-state index contributed by atoms with van der Waals surface area (Å²) in [5.74, 6) is -0.321. The number of anilines is 1. The largest absolute Gasteiger partial charge is 0.466 e. The number of rotatable bonds is 7. The zero-order chi connectivity index (χ0) is 18.4. The van der Waals surface area contributed by atoms with E-state index in [1.54, 1.807) is 30.7 Å². The molecule has 1 aromatic heterocycles. The average Bonchev–Trinajstić information content (AvgIpc) is 2.93. The number of benzene rings is 1. The highest BCUT2D eigenvalue weighted by atomic mass is 79.9. The minimum Gasteiger partial charge on any atom is -0.466 e. The van der Waals surface area contributed by atoms with Gasteiger partial charge in [0.15, 0.2) is 9.84 Å². The average molecular weight is 446 g/mol. The molecule has 1 N–H and O–H groups in total. The normalized spacial score (nSPS) is 11.6. The first-order chi connectivity index (χ1) is 11.8. The molecular weight excluding hydrogens is 430 g/mol. The number of nitrogens with zero attached hydrogens (tertiary/aromatic N) is 2. The number of hydrazone groups is 1. The van der Waals surface area contributed by atoms with Gasteiger partial charge < -0.3 is 4.74 Å². The predicted octanol–water partition coefficient (Wildman–Crippen LogP) is 2.86. The van der Waals surface area contributed by atoms with Crippen LogP contribution in [0, 0.1) is 0 Å². The van der Waals surface area contributed by atoms with Crippen LogP contribution in [-0.2, 0) is 25.8 Å².